The minimum Gasteiger partial charge on any atom is -0.378 e. The van der Waals surface area contributed by atoms with E-state index in [2.05, 4.69) is 10.3 Å². The molecule has 0 radical (unpaired) electrons. The molecular weight excluding hydrogens is 408 g/mol. The van der Waals surface area contributed by atoms with Gasteiger partial charge in [-0.15, -0.1) is 11.3 Å². The van der Waals surface area contributed by atoms with Gasteiger partial charge >= 0.3 is 11.4 Å². The summed E-state index contributed by atoms with van der Waals surface area (Å²) in [5.74, 6) is 0.187. The van der Waals surface area contributed by atoms with Crippen LogP contribution in [0, 0.1) is 6.92 Å². The van der Waals surface area contributed by atoms with Crippen molar-refractivity contribution in [3.05, 3.63) is 77.9 Å². The number of carbonyl (C=O) groups is 1. The molecule has 29 heavy (non-hydrogen) atoms. The van der Waals surface area contributed by atoms with E-state index >= 15 is 0 Å². The van der Waals surface area contributed by atoms with E-state index in [1.54, 1.807) is 18.2 Å². The topological polar surface area (TPSA) is 88.5 Å². The van der Waals surface area contributed by atoms with Gasteiger partial charge in [-0.25, -0.2) is 4.98 Å². The van der Waals surface area contributed by atoms with Crippen LogP contribution in [0.5, 0.6) is 5.75 Å². The van der Waals surface area contributed by atoms with Gasteiger partial charge < -0.3 is 9.50 Å². The zero-order valence-electron chi connectivity index (χ0n) is 15.3. The third-order valence-corrected chi connectivity index (χ3v) is 5.72. The van der Waals surface area contributed by atoms with E-state index in [1.807, 2.05) is 55.5 Å². The van der Waals surface area contributed by atoms with Crippen LogP contribution in [0.2, 0.25) is 0 Å². The lowest BCUT2D eigenvalue weighted by Crippen LogP contribution is -2.11. The molecule has 1 unspecified atom stereocenters. The van der Waals surface area contributed by atoms with Crippen molar-refractivity contribution in [1.82, 2.24) is 4.98 Å². The highest BCUT2D eigenvalue weighted by molar-refractivity contribution is 7.74. The molecule has 0 bridgehead atoms. The van der Waals surface area contributed by atoms with Gasteiger partial charge in [0.1, 0.15) is 5.01 Å². The molecule has 1 atom stereocenters. The predicted octanol–water partition coefficient (Wildman–Crippen LogP) is 5.04. The summed E-state index contributed by atoms with van der Waals surface area (Å²) in [6.45, 7) is 1.81. The summed E-state index contributed by atoms with van der Waals surface area (Å²) in [5.41, 5.74) is 3.59. The molecule has 0 aliphatic carbocycles. The Labute approximate surface area is 173 Å². The first-order valence-corrected chi connectivity index (χ1v) is 10.5. The molecule has 146 valence electrons. The lowest BCUT2D eigenvalue weighted by molar-refractivity contribution is 0.102. The molecule has 6 nitrogen and oxygen atoms in total. The second kappa shape index (κ2) is 8.12. The average molecular weight is 425 g/mol. The fourth-order valence-electron chi connectivity index (χ4n) is 2.85. The molecule has 3 aromatic carbocycles. The van der Waals surface area contributed by atoms with Gasteiger partial charge in [0.05, 0.1) is 10.2 Å². The van der Waals surface area contributed by atoms with Gasteiger partial charge in [-0.05, 0) is 55.0 Å². The first kappa shape index (κ1) is 19.3. The van der Waals surface area contributed by atoms with E-state index in [0.29, 0.717) is 27.2 Å². The van der Waals surface area contributed by atoms with Gasteiger partial charge in [-0.1, -0.05) is 24.3 Å². The zero-order chi connectivity index (χ0) is 20.4. The van der Waals surface area contributed by atoms with Crippen LogP contribution >= 0.6 is 11.3 Å². The molecule has 2 N–H and O–H groups in total. The molecule has 0 saturated carbocycles. The summed E-state index contributed by atoms with van der Waals surface area (Å²) in [4.78, 5) is 16.9. The summed E-state index contributed by atoms with van der Waals surface area (Å²) < 4.78 is 26.0. The van der Waals surface area contributed by atoms with Crippen molar-refractivity contribution in [1.29, 1.82) is 0 Å². The van der Waals surface area contributed by atoms with Gasteiger partial charge in [0, 0.05) is 16.8 Å². The number of thiazole rings is 1. The number of anilines is 1. The Kier molecular flexibility index (Phi) is 5.39. The molecule has 0 aliphatic rings. The summed E-state index contributed by atoms with van der Waals surface area (Å²) in [6, 6.07) is 20.0. The molecule has 0 spiro atoms. The Hall–Kier alpha value is -3.07. The average Bonchev–Trinajstić information content (AvgIpc) is 3.16. The molecule has 0 saturated heterocycles. The molecular formula is C21H16N2O4S2. The number of benzene rings is 3. The van der Waals surface area contributed by atoms with Crippen LogP contribution in [-0.4, -0.2) is 19.7 Å². The number of fused-ring (bicyclic) bond motifs is 1. The van der Waals surface area contributed by atoms with Crippen LogP contribution in [0.1, 0.15) is 15.9 Å². The van der Waals surface area contributed by atoms with Crippen molar-refractivity contribution in [2.45, 2.75) is 6.92 Å². The van der Waals surface area contributed by atoms with Crippen LogP contribution in [-0.2, 0) is 11.4 Å². The van der Waals surface area contributed by atoms with Crippen LogP contribution in [0.25, 0.3) is 20.8 Å². The maximum atomic E-state index is 12.3. The lowest BCUT2D eigenvalue weighted by atomic mass is 10.2. The number of hydrogen-bond acceptors (Lipinski definition) is 5. The first-order chi connectivity index (χ1) is 14.0. The highest BCUT2D eigenvalue weighted by Crippen LogP contribution is 2.38. The van der Waals surface area contributed by atoms with E-state index in [1.165, 1.54) is 11.3 Å². The minimum atomic E-state index is -2.40. The molecule has 8 heteroatoms. The van der Waals surface area contributed by atoms with Gasteiger partial charge in [-0.2, -0.15) is 4.21 Å². The largest absolute Gasteiger partial charge is 0.378 e. The summed E-state index contributed by atoms with van der Waals surface area (Å²) in [7, 11) is 0. The van der Waals surface area contributed by atoms with Crippen LogP contribution in [0.15, 0.2) is 66.7 Å². The van der Waals surface area contributed by atoms with Crippen molar-refractivity contribution in [3.63, 3.8) is 0 Å². The van der Waals surface area contributed by atoms with Crippen molar-refractivity contribution in [2.75, 3.05) is 5.32 Å². The Bertz CT molecular complexity index is 1200. The summed E-state index contributed by atoms with van der Waals surface area (Å²) in [6.07, 6.45) is 0. The van der Waals surface area contributed by atoms with Gasteiger partial charge in [0.15, 0.2) is 5.75 Å². The van der Waals surface area contributed by atoms with Gasteiger partial charge in [-0.3, -0.25) is 9.35 Å². The number of carbonyl (C=O) groups excluding carboxylic acids is 1. The Morgan fingerprint density at radius 1 is 1.07 bits per heavy atom. The second-order valence-corrected chi connectivity index (χ2v) is 7.88. The Morgan fingerprint density at radius 3 is 2.48 bits per heavy atom. The minimum absolute atomic E-state index is 0.174. The van der Waals surface area contributed by atoms with E-state index in [9.17, 15) is 9.00 Å². The summed E-state index contributed by atoms with van der Waals surface area (Å²) >= 11 is -1.02. The fraction of sp³-hybridized carbons (Fsp3) is 0.0476. The van der Waals surface area contributed by atoms with E-state index in [0.717, 1.165) is 16.1 Å². The first-order valence-electron chi connectivity index (χ1n) is 8.67. The highest BCUT2D eigenvalue weighted by atomic mass is 32.2. The number of aryl methyl sites for hydroxylation is 1. The number of aromatic nitrogens is 1. The van der Waals surface area contributed by atoms with Gasteiger partial charge in [0.25, 0.3) is 5.91 Å². The van der Waals surface area contributed by atoms with Crippen LogP contribution < -0.4 is 9.50 Å². The smallest absolute Gasteiger partial charge is 0.357 e. The SMILES string of the molecule is Cc1ccc2nc(-c3ccc(NC(=O)c4ccccc4)cc3)sc2c1OS(=O)O. The number of nitrogens with one attached hydrogen (secondary N) is 1. The monoisotopic (exact) mass is 424 g/mol. The molecule has 4 rings (SSSR count). The van der Waals surface area contributed by atoms with Crippen molar-refractivity contribution in [2.24, 2.45) is 0 Å². The molecule has 1 heterocycles. The van der Waals surface area contributed by atoms with Crippen LogP contribution in [0.3, 0.4) is 0 Å². The lowest BCUT2D eigenvalue weighted by Gasteiger charge is -2.05. The second-order valence-electron chi connectivity index (χ2n) is 6.28. The maximum Gasteiger partial charge on any atom is 0.357 e. The predicted molar refractivity (Wildman–Crippen MR) is 116 cm³/mol. The van der Waals surface area contributed by atoms with E-state index in [4.69, 9.17) is 8.74 Å². The van der Waals surface area contributed by atoms with Crippen molar-refractivity contribution in [3.8, 4) is 16.3 Å². The molecule has 0 fully saturated rings. The number of amides is 1. The quantitative estimate of drug-likeness (QED) is 0.438. The molecule has 1 amide bonds. The van der Waals surface area contributed by atoms with Crippen LogP contribution in [0.4, 0.5) is 5.69 Å². The number of nitrogens with zero attached hydrogens (tertiary/aromatic N) is 1. The van der Waals surface area contributed by atoms with Crippen molar-refractivity contribution < 1.29 is 17.7 Å². The Morgan fingerprint density at radius 2 is 1.79 bits per heavy atom. The number of hydrogen-bond donors (Lipinski definition) is 2. The molecule has 0 aliphatic heterocycles. The number of rotatable bonds is 5. The molecule has 1 aromatic heterocycles. The maximum absolute atomic E-state index is 12.3. The zero-order valence-corrected chi connectivity index (χ0v) is 16.9. The van der Waals surface area contributed by atoms with Crippen molar-refractivity contribution >= 4 is 44.5 Å². The summed E-state index contributed by atoms with van der Waals surface area (Å²) in [5, 5.41) is 3.61. The standard InChI is InChI=1S/C21H16N2O4S2/c1-13-7-12-17-19(18(13)27-29(25)26)28-21(23-17)15-8-10-16(11-9-15)22-20(24)14-5-3-2-4-6-14/h2-12H,1H3,(H,22,24)(H,25,26). The fourth-order valence-corrected chi connectivity index (χ4v) is 4.37. The van der Waals surface area contributed by atoms with E-state index in [-0.39, 0.29) is 5.91 Å². The molecule has 4 aromatic rings. The third kappa shape index (κ3) is 4.19. The third-order valence-electron chi connectivity index (χ3n) is 4.29. The van der Waals surface area contributed by atoms with E-state index < -0.39 is 11.4 Å². The Balaban J connectivity index is 1.60. The van der Waals surface area contributed by atoms with Gasteiger partial charge in [0.2, 0.25) is 0 Å². The normalized spacial score (nSPS) is 11.9. The highest BCUT2D eigenvalue weighted by Gasteiger charge is 2.15.